The molecule has 0 radical (unpaired) electrons. The van der Waals surface area contributed by atoms with E-state index in [2.05, 4.69) is 42.1 Å². The standard InChI is InChI=1S/C28H55BO/c1-6-27(2,3)23-21-24-28(4,5)26(30)22-19-17-15-13-11-9-7-8-10-12-14-16-18-20-25-29/h6H,1,7-25,29H2,2-5H3. The monoisotopic (exact) mass is 418 g/mol. The molecule has 0 atom stereocenters. The highest BCUT2D eigenvalue weighted by atomic mass is 16.1. The molecule has 0 fully saturated rings. The van der Waals surface area contributed by atoms with Crippen molar-refractivity contribution < 1.29 is 4.79 Å². The number of carbonyl (C=O) groups excluding carboxylic acids is 1. The van der Waals surface area contributed by atoms with Crippen LogP contribution in [0.5, 0.6) is 0 Å². The number of Topliss-reactive ketones (excluding diaryl/α,β-unsaturated/α-hetero) is 1. The van der Waals surface area contributed by atoms with Gasteiger partial charge in [0.05, 0.1) is 0 Å². The molecular weight excluding hydrogens is 363 g/mol. The lowest BCUT2D eigenvalue weighted by atomic mass is 9.78. The highest BCUT2D eigenvalue weighted by molar-refractivity contribution is 6.08. The molecule has 0 heterocycles. The summed E-state index contributed by atoms with van der Waals surface area (Å²) in [6.45, 7) is 12.7. The maximum absolute atomic E-state index is 12.6. The molecule has 0 aromatic rings. The summed E-state index contributed by atoms with van der Waals surface area (Å²) in [5, 5.41) is 0. The van der Waals surface area contributed by atoms with Crippen LogP contribution in [0, 0.1) is 10.8 Å². The zero-order chi connectivity index (χ0) is 22.7. The SMILES string of the molecule is BCCCCCCCCCCCCCCCCC(=O)C(C)(C)CCCC(C)(C)C=C. The average molecular weight is 419 g/mol. The number of allylic oxidation sites excluding steroid dienone is 1. The third-order valence-electron chi connectivity index (χ3n) is 6.94. The molecule has 1 nitrogen and oxygen atoms in total. The van der Waals surface area contributed by atoms with Crippen molar-refractivity contribution in [3.63, 3.8) is 0 Å². The molecule has 0 spiro atoms. The number of rotatable bonds is 22. The Morgan fingerprint density at radius 3 is 1.47 bits per heavy atom. The van der Waals surface area contributed by atoms with Crippen LogP contribution in [0.15, 0.2) is 12.7 Å². The Morgan fingerprint density at radius 1 is 0.667 bits per heavy atom. The fourth-order valence-electron chi connectivity index (χ4n) is 4.22. The van der Waals surface area contributed by atoms with Gasteiger partial charge in [0.2, 0.25) is 0 Å². The molecule has 0 aromatic carbocycles. The Balaban J connectivity index is 3.52. The van der Waals surface area contributed by atoms with E-state index >= 15 is 0 Å². The highest BCUT2D eigenvalue weighted by Crippen LogP contribution is 2.31. The van der Waals surface area contributed by atoms with Crippen molar-refractivity contribution in [1.82, 2.24) is 0 Å². The summed E-state index contributed by atoms with van der Waals surface area (Å²) in [7, 11) is 2.29. The molecule has 2 heteroatoms. The Morgan fingerprint density at radius 2 is 1.07 bits per heavy atom. The van der Waals surface area contributed by atoms with Crippen molar-refractivity contribution in [1.29, 1.82) is 0 Å². The minimum absolute atomic E-state index is 0.159. The predicted octanol–water partition coefficient (Wildman–Crippen LogP) is 8.87. The fourth-order valence-corrected chi connectivity index (χ4v) is 4.22. The lowest BCUT2D eigenvalue weighted by molar-refractivity contribution is -0.127. The van der Waals surface area contributed by atoms with Crippen LogP contribution in [0.4, 0.5) is 0 Å². The van der Waals surface area contributed by atoms with Crippen molar-refractivity contribution >= 4 is 13.6 Å². The van der Waals surface area contributed by atoms with Gasteiger partial charge in [-0.05, 0) is 24.7 Å². The van der Waals surface area contributed by atoms with Crippen LogP contribution < -0.4 is 0 Å². The molecular formula is C28H55BO. The van der Waals surface area contributed by atoms with Gasteiger partial charge < -0.3 is 0 Å². The van der Waals surface area contributed by atoms with E-state index in [4.69, 9.17) is 0 Å². The van der Waals surface area contributed by atoms with E-state index in [0.29, 0.717) is 5.78 Å². The predicted molar refractivity (Wildman–Crippen MR) is 139 cm³/mol. The van der Waals surface area contributed by atoms with Crippen LogP contribution >= 0.6 is 0 Å². The van der Waals surface area contributed by atoms with Gasteiger partial charge in [0.25, 0.3) is 0 Å². The summed E-state index contributed by atoms with van der Waals surface area (Å²) in [4.78, 5) is 12.6. The topological polar surface area (TPSA) is 17.1 Å². The smallest absolute Gasteiger partial charge is 0.138 e. The van der Waals surface area contributed by atoms with Gasteiger partial charge in [-0.25, -0.2) is 0 Å². The van der Waals surface area contributed by atoms with Crippen LogP contribution in [0.3, 0.4) is 0 Å². The van der Waals surface area contributed by atoms with Gasteiger partial charge in [0.1, 0.15) is 13.6 Å². The van der Waals surface area contributed by atoms with E-state index in [-0.39, 0.29) is 10.8 Å². The van der Waals surface area contributed by atoms with Crippen LogP contribution in [0.1, 0.15) is 143 Å². The normalized spacial score (nSPS) is 12.3. The van der Waals surface area contributed by atoms with Crippen molar-refractivity contribution in [2.24, 2.45) is 10.8 Å². The average Bonchev–Trinajstić information content (AvgIpc) is 2.70. The Hall–Kier alpha value is -0.525. The zero-order valence-corrected chi connectivity index (χ0v) is 21.6. The van der Waals surface area contributed by atoms with Gasteiger partial charge in [-0.1, -0.05) is 130 Å². The second kappa shape index (κ2) is 18.1. The molecule has 0 aliphatic heterocycles. The van der Waals surface area contributed by atoms with Crippen molar-refractivity contribution in [3.8, 4) is 0 Å². The minimum Gasteiger partial charge on any atom is -0.299 e. The van der Waals surface area contributed by atoms with Gasteiger partial charge in [-0.15, -0.1) is 6.58 Å². The Labute approximate surface area is 191 Å². The molecule has 0 bridgehead atoms. The van der Waals surface area contributed by atoms with Crippen LogP contribution in [0.2, 0.25) is 6.32 Å². The van der Waals surface area contributed by atoms with Crippen LogP contribution in [0.25, 0.3) is 0 Å². The molecule has 30 heavy (non-hydrogen) atoms. The van der Waals surface area contributed by atoms with Gasteiger partial charge >= 0.3 is 0 Å². The molecule has 0 aliphatic rings. The van der Waals surface area contributed by atoms with E-state index < -0.39 is 0 Å². The van der Waals surface area contributed by atoms with Crippen LogP contribution in [-0.4, -0.2) is 13.6 Å². The van der Waals surface area contributed by atoms with Gasteiger partial charge in [0.15, 0.2) is 0 Å². The van der Waals surface area contributed by atoms with E-state index in [9.17, 15) is 4.79 Å². The molecule has 0 amide bonds. The summed E-state index contributed by atoms with van der Waals surface area (Å²) in [6.07, 6.45) is 26.6. The summed E-state index contributed by atoms with van der Waals surface area (Å²) in [5.41, 5.74) is 0.0284. The van der Waals surface area contributed by atoms with Crippen molar-refractivity contribution in [2.45, 2.75) is 150 Å². The summed E-state index contributed by atoms with van der Waals surface area (Å²) in [5.74, 6) is 0.466. The van der Waals surface area contributed by atoms with E-state index in [1.54, 1.807) is 0 Å². The van der Waals surface area contributed by atoms with E-state index in [1.165, 1.54) is 89.8 Å². The summed E-state index contributed by atoms with van der Waals surface area (Å²) < 4.78 is 0. The molecule has 0 aromatic heterocycles. The molecule has 0 rings (SSSR count). The quantitative estimate of drug-likeness (QED) is 0.0974. The van der Waals surface area contributed by atoms with Crippen LogP contribution in [-0.2, 0) is 4.79 Å². The number of hydrogen-bond donors (Lipinski definition) is 0. The first-order valence-electron chi connectivity index (χ1n) is 13.4. The highest BCUT2D eigenvalue weighted by Gasteiger charge is 2.27. The fraction of sp³-hybridized carbons (Fsp3) is 0.893. The molecule has 0 aliphatic carbocycles. The number of unbranched alkanes of at least 4 members (excludes halogenated alkanes) is 13. The first kappa shape index (κ1) is 29.5. The Kier molecular flexibility index (Phi) is 17.8. The number of carbonyl (C=O) groups is 1. The molecule has 0 saturated heterocycles. The second-order valence-corrected chi connectivity index (χ2v) is 11.1. The summed E-state index contributed by atoms with van der Waals surface area (Å²) in [6, 6.07) is 0. The minimum atomic E-state index is -0.159. The number of hydrogen-bond acceptors (Lipinski definition) is 1. The largest absolute Gasteiger partial charge is 0.299 e. The Bertz CT molecular complexity index is 424. The van der Waals surface area contributed by atoms with Gasteiger partial charge in [-0.2, -0.15) is 0 Å². The maximum atomic E-state index is 12.6. The zero-order valence-electron chi connectivity index (χ0n) is 21.6. The van der Waals surface area contributed by atoms with Gasteiger partial charge in [-0.3, -0.25) is 4.79 Å². The first-order valence-corrected chi connectivity index (χ1v) is 13.4. The van der Waals surface area contributed by atoms with Crippen molar-refractivity contribution in [3.05, 3.63) is 12.7 Å². The second-order valence-electron chi connectivity index (χ2n) is 11.1. The number of ketones is 1. The lowest BCUT2D eigenvalue weighted by Gasteiger charge is -2.26. The molecule has 0 saturated carbocycles. The molecule has 0 N–H and O–H groups in total. The third-order valence-corrected chi connectivity index (χ3v) is 6.94. The van der Waals surface area contributed by atoms with E-state index in [0.717, 1.165) is 32.1 Å². The summed E-state index contributed by atoms with van der Waals surface area (Å²) >= 11 is 0. The lowest BCUT2D eigenvalue weighted by Crippen LogP contribution is -2.24. The first-order chi connectivity index (χ1) is 14.2. The van der Waals surface area contributed by atoms with Gasteiger partial charge in [0, 0.05) is 11.8 Å². The van der Waals surface area contributed by atoms with Crippen molar-refractivity contribution in [2.75, 3.05) is 0 Å². The van der Waals surface area contributed by atoms with E-state index in [1.807, 2.05) is 6.08 Å². The molecule has 176 valence electrons. The molecule has 0 unspecified atom stereocenters. The maximum Gasteiger partial charge on any atom is 0.138 e. The third kappa shape index (κ3) is 17.2.